The zero-order valence-corrected chi connectivity index (χ0v) is 18.3. The van der Waals surface area contributed by atoms with Crippen LogP contribution in [0.3, 0.4) is 0 Å². The largest absolute Gasteiger partial charge is 0.457 e. The lowest BCUT2D eigenvalue weighted by Crippen LogP contribution is -2.43. The van der Waals surface area contributed by atoms with E-state index < -0.39 is 5.91 Å². The third-order valence-corrected chi connectivity index (χ3v) is 5.40. The van der Waals surface area contributed by atoms with Crippen LogP contribution < -0.4 is 15.8 Å². The highest BCUT2D eigenvalue weighted by atomic mass is 16.3. The number of hydrogen-bond acceptors (Lipinski definition) is 5. The molecule has 1 fully saturated rings. The molecule has 1 aromatic carbocycles. The maximum Gasteiger partial charge on any atom is 0.261 e. The van der Waals surface area contributed by atoms with Gasteiger partial charge in [-0.2, -0.15) is 5.26 Å². The molecule has 6 heteroatoms. The fourth-order valence-electron chi connectivity index (χ4n) is 3.49. The third-order valence-electron chi connectivity index (χ3n) is 5.40. The maximum atomic E-state index is 11.7. The second-order valence-corrected chi connectivity index (χ2v) is 7.51. The number of benzene rings is 1. The molecule has 1 N–H and O–H groups in total. The van der Waals surface area contributed by atoms with Gasteiger partial charge in [0.2, 0.25) is 0 Å². The third kappa shape index (κ3) is 5.33. The normalized spacial score (nSPS) is 16.3. The highest BCUT2D eigenvalue weighted by Gasteiger charge is 2.14. The Balaban J connectivity index is 1.85. The van der Waals surface area contributed by atoms with Crippen LogP contribution in [0.2, 0.25) is 0 Å². The van der Waals surface area contributed by atoms with Crippen LogP contribution in [0.25, 0.3) is 30.1 Å². The molecule has 3 rings (SSSR count). The van der Waals surface area contributed by atoms with E-state index in [2.05, 4.69) is 47.8 Å². The smallest absolute Gasteiger partial charge is 0.261 e. The Kier molecular flexibility index (Phi) is 7.11. The summed E-state index contributed by atoms with van der Waals surface area (Å²) in [6, 6.07) is 11.5. The van der Waals surface area contributed by atoms with Gasteiger partial charge in [0.15, 0.2) is 0 Å². The summed E-state index contributed by atoms with van der Waals surface area (Å²) < 4.78 is 5.83. The molecule has 0 bridgehead atoms. The van der Waals surface area contributed by atoms with Gasteiger partial charge in [0.1, 0.15) is 23.2 Å². The van der Waals surface area contributed by atoms with E-state index in [-0.39, 0.29) is 5.57 Å². The van der Waals surface area contributed by atoms with Gasteiger partial charge in [0, 0.05) is 50.6 Å². The molecule has 0 saturated carbocycles. The van der Waals surface area contributed by atoms with Crippen LogP contribution in [0, 0.1) is 11.3 Å². The predicted octanol–water partition coefficient (Wildman–Crippen LogP) is 1.94. The minimum absolute atomic E-state index is 0.00557. The Morgan fingerprint density at radius 3 is 2.58 bits per heavy atom. The first-order chi connectivity index (χ1) is 14.9. The van der Waals surface area contributed by atoms with Crippen LogP contribution in [0.4, 0.5) is 0 Å². The summed E-state index contributed by atoms with van der Waals surface area (Å²) in [5.74, 6) is 0.658. The fourth-order valence-corrected chi connectivity index (χ4v) is 3.49. The topological polar surface area (TPSA) is 72.5 Å². The number of carbonyl (C=O) groups is 1. The molecule has 2 heterocycles. The number of nitriles is 1. The van der Waals surface area contributed by atoms with Crippen molar-refractivity contribution in [3.8, 4) is 17.4 Å². The average Bonchev–Trinajstić information content (AvgIpc) is 3.25. The number of piperazine rings is 1. The van der Waals surface area contributed by atoms with Crippen LogP contribution >= 0.6 is 0 Å². The van der Waals surface area contributed by atoms with E-state index in [0.717, 1.165) is 42.2 Å². The molecule has 1 aromatic heterocycles. The lowest BCUT2D eigenvalue weighted by Gasteiger charge is -2.34. The van der Waals surface area contributed by atoms with E-state index in [0.29, 0.717) is 11.5 Å². The minimum atomic E-state index is -0.444. The maximum absolute atomic E-state index is 11.7. The molecule has 0 unspecified atom stereocenters. The number of allylic oxidation sites excluding steroid dienone is 2. The molecule has 0 atom stereocenters. The molecule has 2 aromatic rings. The lowest BCUT2D eigenvalue weighted by molar-refractivity contribution is -0.116. The van der Waals surface area contributed by atoms with Crippen molar-refractivity contribution < 1.29 is 9.21 Å². The number of likely N-dealkylation sites (N-methyl/N-ethyl adjacent to an activating group) is 2. The van der Waals surface area contributed by atoms with Gasteiger partial charge in [-0.15, -0.1) is 0 Å². The predicted molar refractivity (Wildman–Crippen MR) is 124 cm³/mol. The Morgan fingerprint density at radius 1 is 1.23 bits per heavy atom. The number of carbonyl (C=O) groups excluding carboxylic acids is 1. The van der Waals surface area contributed by atoms with Crippen molar-refractivity contribution in [3.05, 3.63) is 63.9 Å². The summed E-state index contributed by atoms with van der Waals surface area (Å²) in [6.07, 6.45) is 5.75. The second kappa shape index (κ2) is 9.96. The summed E-state index contributed by atoms with van der Waals surface area (Å²) in [6.45, 7) is 10.4. The first kappa shape index (κ1) is 22.1. The second-order valence-electron chi connectivity index (χ2n) is 7.51. The molecule has 0 spiro atoms. The molecule has 0 radical (unpaired) electrons. The van der Waals surface area contributed by atoms with Gasteiger partial charge in [-0.1, -0.05) is 24.8 Å². The van der Waals surface area contributed by atoms with Crippen molar-refractivity contribution >= 4 is 24.6 Å². The molecule has 1 aliphatic rings. The van der Waals surface area contributed by atoms with Gasteiger partial charge in [-0.25, -0.2) is 0 Å². The molecule has 160 valence electrons. The average molecular weight is 417 g/mol. The molecule has 1 amide bonds. The van der Waals surface area contributed by atoms with Crippen molar-refractivity contribution in [3.63, 3.8) is 0 Å². The molecule has 0 aliphatic carbocycles. The molecule has 31 heavy (non-hydrogen) atoms. The summed E-state index contributed by atoms with van der Waals surface area (Å²) in [5.41, 5.74) is 2.09. The Bertz CT molecular complexity index is 1160. The Morgan fingerprint density at radius 2 is 1.97 bits per heavy atom. The van der Waals surface area contributed by atoms with E-state index in [4.69, 9.17) is 9.68 Å². The van der Waals surface area contributed by atoms with Crippen LogP contribution in [-0.2, 0) is 4.79 Å². The van der Waals surface area contributed by atoms with E-state index in [1.54, 1.807) is 6.07 Å². The van der Waals surface area contributed by atoms with Gasteiger partial charge in [-0.05, 0) is 48.7 Å². The Labute approximate surface area is 183 Å². The van der Waals surface area contributed by atoms with Gasteiger partial charge in [0.25, 0.3) is 5.91 Å². The van der Waals surface area contributed by atoms with E-state index in [1.807, 2.05) is 30.3 Å². The lowest BCUT2D eigenvalue weighted by atomic mass is 10.1. The summed E-state index contributed by atoms with van der Waals surface area (Å²) in [5, 5.41) is 13.5. The van der Waals surface area contributed by atoms with Gasteiger partial charge >= 0.3 is 0 Å². The molecule has 1 saturated heterocycles. The number of furan rings is 1. The number of rotatable bonds is 5. The standard InChI is InChI=1S/C25H28N4O2/c1-5-22(29-12-10-28(4)11-13-29)15-19-6-7-20(14-18(19)2)24-9-8-23(31-24)16-21(17-26)25(30)27-3/h5-9,14-16H,2,10-13H2,1,3-4H3,(H,27,30)/b19-15-,21-16+,22-5+. The van der Waals surface area contributed by atoms with Crippen LogP contribution in [0.1, 0.15) is 12.7 Å². The van der Waals surface area contributed by atoms with Crippen LogP contribution in [-0.4, -0.2) is 56.0 Å². The van der Waals surface area contributed by atoms with Gasteiger partial charge in [-0.3, -0.25) is 4.79 Å². The molecular formula is C25H28N4O2. The summed E-state index contributed by atoms with van der Waals surface area (Å²) in [4.78, 5) is 16.4. The highest BCUT2D eigenvalue weighted by molar-refractivity contribution is 6.01. The quantitative estimate of drug-likeness (QED) is 0.596. The van der Waals surface area contributed by atoms with E-state index in [1.165, 1.54) is 18.8 Å². The first-order valence-corrected chi connectivity index (χ1v) is 10.3. The van der Waals surface area contributed by atoms with E-state index >= 15 is 0 Å². The number of amides is 1. The fraction of sp³-hybridized carbons (Fsp3) is 0.280. The van der Waals surface area contributed by atoms with E-state index in [9.17, 15) is 4.79 Å². The summed E-state index contributed by atoms with van der Waals surface area (Å²) in [7, 11) is 3.64. The van der Waals surface area contributed by atoms with Crippen molar-refractivity contribution in [1.29, 1.82) is 5.26 Å². The van der Waals surface area contributed by atoms with Crippen molar-refractivity contribution in [2.75, 3.05) is 40.3 Å². The van der Waals surface area contributed by atoms with Gasteiger partial charge < -0.3 is 19.5 Å². The number of nitrogens with one attached hydrogen (secondary N) is 1. The van der Waals surface area contributed by atoms with Crippen molar-refractivity contribution in [1.82, 2.24) is 15.1 Å². The number of nitrogens with zero attached hydrogens (tertiary/aromatic N) is 3. The minimum Gasteiger partial charge on any atom is -0.457 e. The molecule has 1 aliphatic heterocycles. The summed E-state index contributed by atoms with van der Waals surface area (Å²) >= 11 is 0. The van der Waals surface area contributed by atoms with Crippen molar-refractivity contribution in [2.24, 2.45) is 0 Å². The zero-order chi connectivity index (χ0) is 22.4. The van der Waals surface area contributed by atoms with Crippen LogP contribution in [0.15, 0.2) is 52.1 Å². The van der Waals surface area contributed by atoms with Gasteiger partial charge in [0.05, 0.1) is 0 Å². The highest BCUT2D eigenvalue weighted by Crippen LogP contribution is 2.22. The van der Waals surface area contributed by atoms with Crippen molar-refractivity contribution in [2.45, 2.75) is 6.92 Å². The Hall–Kier alpha value is -3.56. The number of hydrogen-bond donors (Lipinski definition) is 1. The zero-order valence-electron chi connectivity index (χ0n) is 18.3. The SMILES string of the molecule is C=c1cc(-c2ccc(/C=C(\C#N)C(=O)NC)o2)cc/c1=C/C(=C\C)N1CCN(C)CC1. The monoisotopic (exact) mass is 416 g/mol. The van der Waals surface area contributed by atoms with Crippen LogP contribution in [0.5, 0.6) is 0 Å². The molecule has 6 nitrogen and oxygen atoms in total. The molecular weight excluding hydrogens is 388 g/mol. The first-order valence-electron chi connectivity index (χ1n) is 10.3.